The number of fused-ring (bicyclic) bond motifs is 2. The van der Waals surface area contributed by atoms with E-state index >= 15 is 0 Å². The van der Waals surface area contributed by atoms with E-state index in [-0.39, 0.29) is 18.2 Å². The van der Waals surface area contributed by atoms with Crippen molar-refractivity contribution in [2.24, 2.45) is 0 Å². The molecule has 1 heterocycles. The Balaban J connectivity index is 1.39. The van der Waals surface area contributed by atoms with Crippen molar-refractivity contribution in [3.05, 3.63) is 82.2 Å². The standard InChI is InChI=1S/C27H22FNO5/c1-15-2-7-22(16(10-15)13-29)34-23-9-6-21(28)27-20(23)5-8-24(27)33-18-3-4-19-17(11-26(30)31)14-32-25(19)12-18/h2-4,6-7,9-10,12,17,24H,5,8,11,14H2,1H3,(H,30,31)/t17-,24-/m1/s1. The van der Waals surface area contributed by atoms with Gasteiger partial charge in [-0.15, -0.1) is 0 Å². The fourth-order valence-corrected chi connectivity index (χ4v) is 4.67. The lowest BCUT2D eigenvalue weighted by Crippen LogP contribution is -2.07. The molecular weight excluding hydrogens is 437 g/mol. The molecule has 0 fully saturated rings. The van der Waals surface area contributed by atoms with Gasteiger partial charge >= 0.3 is 5.97 Å². The number of carboxylic acids is 1. The third-order valence-corrected chi connectivity index (χ3v) is 6.28. The minimum absolute atomic E-state index is 0.00565. The highest BCUT2D eigenvalue weighted by Crippen LogP contribution is 2.44. The second-order valence-corrected chi connectivity index (χ2v) is 8.60. The summed E-state index contributed by atoms with van der Waals surface area (Å²) < 4.78 is 32.7. The number of halogens is 1. The van der Waals surface area contributed by atoms with E-state index in [9.17, 15) is 14.4 Å². The van der Waals surface area contributed by atoms with E-state index in [0.29, 0.717) is 53.6 Å². The van der Waals surface area contributed by atoms with Gasteiger partial charge < -0.3 is 19.3 Å². The molecule has 34 heavy (non-hydrogen) atoms. The molecule has 7 heteroatoms. The summed E-state index contributed by atoms with van der Waals surface area (Å²) in [5.74, 6) is 0.644. The summed E-state index contributed by atoms with van der Waals surface area (Å²) in [6.45, 7) is 2.22. The van der Waals surface area contributed by atoms with Crippen molar-refractivity contribution >= 4 is 5.97 Å². The van der Waals surface area contributed by atoms with Crippen LogP contribution in [0.2, 0.25) is 0 Å². The largest absolute Gasteiger partial charge is 0.492 e. The van der Waals surface area contributed by atoms with Gasteiger partial charge in [0.05, 0.1) is 18.6 Å². The minimum Gasteiger partial charge on any atom is -0.492 e. The Bertz CT molecular complexity index is 1330. The van der Waals surface area contributed by atoms with Crippen molar-refractivity contribution < 1.29 is 28.5 Å². The van der Waals surface area contributed by atoms with Gasteiger partial charge in [-0.1, -0.05) is 12.1 Å². The highest BCUT2D eigenvalue weighted by Gasteiger charge is 2.32. The Labute approximate surface area is 196 Å². The summed E-state index contributed by atoms with van der Waals surface area (Å²) in [6.07, 6.45) is 0.654. The van der Waals surface area contributed by atoms with E-state index in [1.165, 1.54) is 6.07 Å². The predicted octanol–water partition coefficient (Wildman–Crippen LogP) is 5.82. The quantitative estimate of drug-likeness (QED) is 0.500. The van der Waals surface area contributed by atoms with E-state index in [1.807, 2.05) is 19.1 Å². The van der Waals surface area contributed by atoms with Gasteiger partial charge in [0.25, 0.3) is 0 Å². The van der Waals surface area contributed by atoms with Gasteiger partial charge in [0, 0.05) is 28.7 Å². The smallest absolute Gasteiger partial charge is 0.304 e. The van der Waals surface area contributed by atoms with Crippen molar-refractivity contribution in [1.29, 1.82) is 5.26 Å². The van der Waals surface area contributed by atoms with Crippen LogP contribution in [-0.2, 0) is 11.2 Å². The fraction of sp³-hybridized carbons (Fsp3) is 0.259. The first-order valence-electron chi connectivity index (χ1n) is 11.1. The summed E-state index contributed by atoms with van der Waals surface area (Å²) in [6, 6.07) is 15.8. The Morgan fingerprint density at radius 1 is 1.21 bits per heavy atom. The van der Waals surface area contributed by atoms with Crippen LogP contribution in [0.4, 0.5) is 4.39 Å². The van der Waals surface area contributed by atoms with Gasteiger partial charge in [-0.05, 0) is 55.7 Å². The molecule has 6 nitrogen and oxygen atoms in total. The lowest BCUT2D eigenvalue weighted by atomic mass is 9.98. The van der Waals surface area contributed by atoms with Crippen molar-refractivity contribution in [3.8, 4) is 29.1 Å². The van der Waals surface area contributed by atoms with Gasteiger partial charge in [0.15, 0.2) is 0 Å². The molecule has 0 unspecified atom stereocenters. The summed E-state index contributed by atoms with van der Waals surface area (Å²) in [5.41, 5.74) is 3.40. The third kappa shape index (κ3) is 4.03. The molecule has 5 rings (SSSR count). The maximum absolute atomic E-state index is 14.9. The van der Waals surface area contributed by atoms with Gasteiger partial charge in [-0.2, -0.15) is 5.26 Å². The topological polar surface area (TPSA) is 88.8 Å². The van der Waals surface area contributed by atoms with Crippen LogP contribution in [0.1, 0.15) is 52.7 Å². The van der Waals surface area contributed by atoms with Crippen molar-refractivity contribution in [1.82, 2.24) is 0 Å². The summed E-state index contributed by atoms with van der Waals surface area (Å²) in [7, 11) is 0. The van der Waals surface area contributed by atoms with Crippen LogP contribution in [0.15, 0.2) is 48.5 Å². The highest BCUT2D eigenvalue weighted by molar-refractivity contribution is 5.69. The van der Waals surface area contributed by atoms with E-state index in [1.54, 1.807) is 30.3 Å². The zero-order chi connectivity index (χ0) is 23.8. The molecule has 0 spiro atoms. The Kier molecular flexibility index (Phi) is 5.58. The first-order chi connectivity index (χ1) is 16.4. The second kappa shape index (κ2) is 8.71. The molecule has 0 aromatic heterocycles. The van der Waals surface area contributed by atoms with Crippen molar-refractivity contribution in [3.63, 3.8) is 0 Å². The summed E-state index contributed by atoms with van der Waals surface area (Å²) >= 11 is 0. The Morgan fingerprint density at radius 2 is 2.03 bits per heavy atom. The van der Waals surface area contributed by atoms with Crippen LogP contribution in [0.5, 0.6) is 23.0 Å². The number of hydrogen-bond acceptors (Lipinski definition) is 5. The zero-order valence-electron chi connectivity index (χ0n) is 18.5. The van der Waals surface area contributed by atoms with Gasteiger partial charge in [0.2, 0.25) is 0 Å². The van der Waals surface area contributed by atoms with Crippen LogP contribution in [-0.4, -0.2) is 17.7 Å². The van der Waals surface area contributed by atoms with Crippen LogP contribution >= 0.6 is 0 Å². The van der Waals surface area contributed by atoms with Crippen LogP contribution < -0.4 is 14.2 Å². The molecule has 2 atom stereocenters. The average molecular weight is 459 g/mol. The molecule has 0 bridgehead atoms. The predicted molar refractivity (Wildman–Crippen MR) is 121 cm³/mol. The normalized spacial score (nSPS) is 17.9. The first kappa shape index (κ1) is 21.8. The van der Waals surface area contributed by atoms with Crippen LogP contribution in [0, 0.1) is 24.1 Å². The number of benzene rings is 3. The molecule has 3 aromatic carbocycles. The van der Waals surface area contributed by atoms with E-state index in [0.717, 1.165) is 16.7 Å². The fourth-order valence-electron chi connectivity index (χ4n) is 4.67. The molecular formula is C27H22FNO5. The zero-order valence-corrected chi connectivity index (χ0v) is 18.5. The van der Waals surface area contributed by atoms with Gasteiger partial charge in [0.1, 0.15) is 41.0 Å². The van der Waals surface area contributed by atoms with E-state index in [4.69, 9.17) is 19.3 Å². The van der Waals surface area contributed by atoms with Crippen LogP contribution in [0.25, 0.3) is 0 Å². The molecule has 1 aliphatic carbocycles. The maximum atomic E-state index is 14.9. The number of nitriles is 1. The summed E-state index contributed by atoms with van der Waals surface area (Å²) in [5, 5.41) is 18.5. The molecule has 0 saturated heterocycles. The number of carbonyl (C=O) groups is 1. The average Bonchev–Trinajstić information content (AvgIpc) is 3.41. The third-order valence-electron chi connectivity index (χ3n) is 6.28. The number of aryl methyl sites for hydroxylation is 1. The molecule has 0 saturated carbocycles. The number of rotatable bonds is 6. The van der Waals surface area contributed by atoms with E-state index < -0.39 is 12.1 Å². The van der Waals surface area contributed by atoms with E-state index in [2.05, 4.69) is 6.07 Å². The maximum Gasteiger partial charge on any atom is 0.304 e. The minimum atomic E-state index is -0.870. The van der Waals surface area contributed by atoms with Crippen LogP contribution in [0.3, 0.4) is 0 Å². The first-order valence-corrected chi connectivity index (χ1v) is 11.1. The highest BCUT2D eigenvalue weighted by atomic mass is 19.1. The SMILES string of the molecule is Cc1ccc(Oc2ccc(F)c3c2CC[C@H]3Oc2ccc3c(c2)OC[C@H]3CC(=O)O)c(C#N)c1. The molecule has 1 N–H and O–H groups in total. The Morgan fingerprint density at radius 3 is 2.82 bits per heavy atom. The lowest BCUT2D eigenvalue weighted by molar-refractivity contribution is -0.137. The van der Waals surface area contributed by atoms with Crippen molar-refractivity contribution in [2.45, 2.75) is 38.2 Å². The number of hydrogen-bond donors (Lipinski definition) is 1. The molecule has 3 aromatic rings. The number of carboxylic acid groups (broad SMARTS) is 1. The Hall–Kier alpha value is -4.05. The summed E-state index contributed by atoms with van der Waals surface area (Å²) in [4.78, 5) is 11.1. The number of nitrogens with zero attached hydrogens (tertiary/aromatic N) is 1. The number of aliphatic carboxylic acids is 1. The van der Waals surface area contributed by atoms with Crippen molar-refractivity contribution in [2.75, 3.05) is 6.61 Å². The second-order valence-electron chi connectivity index (χ2n) is 8.60. The molecule has 0 amide bonds. The monoisotopic (exact) mass is 459 g/mol. The molecule has 172 valence electrons. The van der Waals surface area contributed by atoms with Gasteiger partial charge in [-0.25, -0.2) is 4.39 Å². The molecule has 1 aliphatic heterocycles. The van der Waals surface area contributed by atoms with Gasteiger partial charge in [-0.3, -0.25) is 4.79 Å². The number of ether oxygens (including phenoxy) is 3. The molecule has 0 radical (unpaired) electrons. The molecule has 2 aliphatic rings. The lowest BCUT2D eigenvalue weighted by Gasteiger charge is -2.17.